The Hall–Kier alpha value is -1.39. The minimum absolute atomic E-state index is 0.0735. The van der Waals surface area contributed by atoms with Crippen LogP contribution in [0.2, 0.25) is 0 Å². The van der Waals surface area contributed by atoms with Crippen LogP contribution in [0.1, 0.15) is 31.9 Å². The standard InChI is InChI=1S/C17H28N2O2/c1-6-19(13-17(3,4)21)12-16(20)18(5)11-15-10-8-7-9-14(15)2/h7-10,21H,6,11-13H2,1-5H3. The lowest BCUT2D eigenvalue weighted by molar-refractivity contribution is -0.132. The highest BCUT2D eigenvalue weighted by molar-refractivity contribution is 5.78. The number of benzene rings is 1. The molecule has 1 aromatic carbocycles. The molecule has 1 N–H and O–H groups in total. The van der Waals surface area contributed by atoms with E-state index in [9.17, 15) is 9.90 Å². The zero-order valence-corrected chi connectivity index (χ0v) is 13.9. The average molecular weight is 292 g/mol. The molecular weight excluding hydrogens is 264 g/mol. The van der Waals surface area contributed by atoms with Gasteiger partial charge in [-0.05, 0) is 38.4 Å². The summed E-state index contributed by atoms with van der Waals surface area (Å²) >= 11 is 0. The number of carbonyl (C=O) groups is 1. The number of hydrogen-bond acceptors (Lipinski definition) is 3. The Morgan fingerprint density at radius 3 is 2.43 bits per heavy atom. The van der Waals surface area contributed by atoms with Crippen LogP contribution in [0.15, 0.2) is 24.3 Å². The van der Waals surface area contributed by atoms with Crippen LogP contribution in [0.25, 0.3) is 0 Å². The second-order valence-corrected chi connectivity index (χ2v) is 6.29. The van der Waals surface area contributed by atoms with Crippen molar-refractivity contribution in [1.82, 2.24) is 9.80 Å². The van der Waals surface area contributed by atoms with Crippen molar-refractivity contribution < 1.29 is 9.90 Å². The molecule has 118 valence electrons. The van der Waals surface area contributed by atoms with Crippen LogP contribution in [-0.4, -0.2) is 53.1 Å². The van der Waals surface area contributed by atoms with E-state index in [1.54, 1.807) is 18.7 Å². The van der Waals surface area contributed by atoms with Gasteiger partial charge in [-0.25, -0.2) is 0 Å². The molecule has 4 heteroatoms. The fourth-order valence-corrected chi connectivity index (χ4v) is 2.27. The molecule has 0 atom stereocenters. The van der Waals surface area contributed by atoms with Gasteiger partial charge in [0, 0.05) is 20.1 Å². The highest BCUT2D eigenvalue weighted by Crippen LogP contribution is 2.10. The maximum atomic E-state index is 12.3. The summed E-state index contributed by atoms with van der Waals surface area (Å²) in [5.74, 6) is 0.0735. The molecule has 0 saturated heterocycles. The quantitative estimate of drug-likeness (QED) is 0.836. The van der Waals surface area contributed by atoms with E-state index in [4.69, 9.17) is 0 Å². The van der Waals surface area contributed by atoms with Crippen molar-refractivity contribution in [3.05, 3.63) is 35.4 Å². The van der Waals surface area contributed by atoms with Crippen LogP contribution in [-0.2, 0) is 11.3 Å². The number of rotatable bonds is 7. The molecule has 0 unspecified atom stereocenters. The van der Waals surface area contributed by atoms with Gasteiger partial charge in [0.2, 0.25) is 5.91 Å². The monoisotopic (exact) mass is 292 g/mol. The molecule has 0 aliphatic rings. The second kappa shape index (κ2) is 7.57. The van der Waals surface area contributed by atoms with Gasteiger partial charge in [-0.2, -0.15) is 0 Å². The summed E-state index contributed by atoms with van der Waals surface area (Å²) in [6.45, 7) is 9.77. The third kappa shape index (κ3) is 6.27. The topological polar surface area (TPSA) is 43.8 Å². The van der Waals surface area contributed by atoms with Gasteiger partial charge in [0.1, 0.15) is 0 Å². The fraction of sp³-hybridized carbons (Fsp3) is 0.588. The Kier molecular flexibility index (Phi) is 6.37. The van der Waals surface area contributed by atoms with E-state index < -0.39 is 5.60 Å². The summed E-state index contributed by atoms with van der Waals surface area (Å²) in [4.78, 5) is 16.0. The summed E-state index contributed by atoms with van der Waals surface area (Å²) in [5, 5.41) is 9.88. The second-order valence-electron chi connectivity index (χ2n) is 6.29. The predicted octanol–water partition coefficient (Wildman–Crippen LogP) is 2.05. The van der Waals surface area contributed by atoms with E-state index in [1.165, 1.54) is 11.1 Å². The Morgan fingerprint density at radius 2 is 1.90 bits per heavy atom. The fourth-order valence-electron chi connectivity index (χ4n) is 2.27. The third-order valence-electron chi connectivity index (χ3n) is 3.51. The Bertz CT molecular complexity index is 466. The lowest BCUT2D eigenvalue weighted by Gasteiger charge is -2.29. The molecule has 0 aliphatic carbocycles. The van der Waals surface area contributed by atoms with Crippen LogP contribution < -0.4 is 0 Å². The maximum absolute atomic E-state index is 12.3. The molecule has 0 heterocycles. The minimum atomic E-state index is -0.787. The van der Waals surface area contributed by atoms with Crippen molar-refractivity contribution in [2.75, 3.05) is 26.7 Å². The van der Waals surface area contributed by atoms with Crippen molar-refractivity contribution in [2.24, 2.45) is 0 Å². The van der Waals surface area contributed by atoms with Gasteiger partial charge in [-0.15, -0.1) is 0 Å². The average Bonchev–Trinajstić information content (AvgIpc) is 2.38. The van der Waals surface area contributed by atoms with E-state index in [1.807, 2.05) is 37.1 Å². The summed E-state index contributed by atoms with van der Waals surface area (Å²) < 4.78 is 0. The van der Waals surface area contributed by atoms with Gasteiger partial charge >= 0.3 is 0 Å². The first-order chi connectivity index (χ1) is 9.73. The minimum Gasteiger partial charge on any atom is -0.389 e. The number of likely N-dealkylation sites (N-methyl/N-ethyl adjacent to an activating group) is 2. The van der Waals surface area contributed by atoms with E-state index >= 15 is 0 Å². The van der Waals surface area contributed by atoms with Crippen LogP contribution >= 0.6 is 0 Å². The van der Waals surface area contributed by atoms with Gasteiger partial charge in [0.05, 0.1) is 12.1 Å². The Labute approximate surface area is 128 Å². The molecule has 21 heavy (non-hydrogen) atoms. The molecule has 0 aromatic heterocycles. The van der Waals surface area contributed by atoms with Crippen LogP contribution in [0.5, 0.6) is 0 Å². The molecule has 0 fully saturated rings. The van der Waals surface area contributed by atoms with Crippen LogP contribution in [0.3, 0.4) is 0 Å². The largest absolute Gasteiger partial charge is 0.389 e. The van der Waals surface area contributed by atoms with Crippen molar-refractivity contribution in [3.8, 4) is 0 Å². The van der Waals surface area contributed by atoms with Crippen molar-refractivity contribution in [1.29, 1.82) is 0 Å². The third-order valence-corrected chi connectivity index (χ3v) is 3.51. The smallest absolute Gasteiger partial charge is 0.236 e. The van der Waals surface area contributed by atoms with Gasteiger partial charge in [0.25, 0.3) is 0 Å². The zero-order valence-electron chi connectivity index (χ0n) is 13.9. The summed E-state index contributed by atoms with van der Waals surface area (Å²) in [6, 6.07) is 8.10. The molecule has 4 nitrogen and oxygen atoms in total. The molecule has 0 aliphatic heterocycles. The number of aliphatic hydroxyl groups is 1. The molecule has 0 spiro atoms. The van der Waals surface area contributed by atoms with Crippen molar-refractivity contribution >= 4 is 5.91 Å². The Morgan fingerprint density at radius 1 is 1.29 bits per heavy atom. The molecule has 0 saturated carbocycles. The molecule has 1 aromatic rings. The summed E-state index contributed by atoms with van der Waals surface area (Å²) in [6.07, 6.45) is 0. The molecule has 1 amide bonds. The van der Waals surface area contributed by atoms with Crippen LogP contribution in [0.4, 0.5) is 0 Å². The van der Waals surface area contributed by atoms with Crippen molar-refractivity contribution in [2.45, 2.75) is 39.8 Å². The van der Waals surface area contributed by atoms with Gasteiger partial charge in [-0.3, -0.25) is 9.69 Å². The number of hydrogen-bond donors (Lipinski definition) is 1. The number of carbonyl (C=O) groups excluding carboxylic acids is 1. The van der Waals surface area contributed by atoms with Gasteiger partial charge in [0.15, 0.2) is 0 Å². The Balaban J connectivity index is 2.60. The summed E-state index contributed by atoms with van der Waals surface area (Å²) in [5.41, 5.74) is 1.57. The van der Waals surface area contributed by atoms with Gasteiger partial charge in [-0.1, -0.05) is 31.2 Å². The number of amides is 1. The van der Waals surface area contributed by atoms with E-state index in [0.717, 1.165) is 6.54 Å². The maximum Gasteiger partial charge on any atom is 0.236 e. The summed E-state index contributed by atoms with van der Waals surface area (Å²) in [7, 11) is 1.83. The predicted molar refractivity (Wildman–Crippen MR) is 86.1 cm³/mol. The van der Waals surface area contributed by atoms with Crippen molar-refractivity contribution in [3.63, 3.8) is 0 Å². The van der Waals surface area contributed by atoms with E-state index in [2.05, 4.69) is 13.0 Å². The highest BCUT2D eigenvalue weighted by atomic mass is 16.3. The first kappa shape index (κ1) is 17.7. The molecular formula is C17H28N2O2. The SMILES string of the molecule is CCN(CC(=O)N(C)Cc1ccccc1C)CC(C)(C)O. The number of nitrogens with zero attached hydrogens (tertiary/aromatic N) is 2. The highest BCUT2D eigenvalue weighted by Gasteiger charge is 2.20. The first-order valence-electron chi connectivity index (χ1n) is 7.46. The first-order valence-corrected chi connectivity index (χ1v) is 7.46. The molecule has 1 rings (SSSR count). The molecule has 0 radical (unpaired) electrons. The van der Waals surface area contributed by atoms with E-state index in [0.29, 0.717) is 19.6 Å². The number of aryl methyl sites for hydroxylation is 1. The van der Waals surface area contributed by atoms with E-state index in [-0.39, 0.29) is 5.91 Å². The lowest BCUT2D eigenvalue weighted by Crippen LogP contribution is -2.44. The lowest BCUT2D eigenvalue weighted by atomic mass is 10.1. The zero-order chi connectivity index (χ0) is 16.0. The van der Waals surface area contributed by atoms with Crippen LogP contribution in [0, 0.1) is 6.92 Å². The normalized spacial score (nSPS) is 11.8. The molecule has 0 bridgehead atoms. The van der Waals surface area contributed by atoms with Gasteiger partial charge < -0.3 is 10.0 Å².